The second-order valence-electron chi connectivity index (χ2n) is 9.59. The van der Waals surface area contributed by atoms with Gasteiger partial charge in [-0.05, 0) is 50.1 Å². The van der Waals surface area contributed by atoms with Gasteiger partial charge in [0.15, 0.2) is 0 Å². The van der Waals surface area contributed by atoms with Gasteiger partial charge in [0.2, 0.25) is 5.91 Å². The van der Waals surface area contributed by atoms with E-state index in [1.807, 2.05) is 43.5 Å². The molecule has 4 atom stereocenters. The zero-order valence-electron chi connectivity index (χ0n) is 19.0. The lowest BCUT2D eigenvalue weighted by Crippen LogP contribution is -2.43. The van der Waals surface area contributed by atoms with E-state index in [0.717, 1.165) is 18.4 Å². The van der Waals surface area contributed by atoms with Crippen LogP contribution in [0, 0.1) is 11.8 Å². The maximum absolute atomic E-state index is 13.9. The Hall–Kier alpha value is -1.26. The van der Waals surface area contributed by atoms with Gasteiger partial charge < -0.3 is 14.6 Å². The van der Waals surface area contributed by atoms with Gasteiger partial charge in [-0.15, -0.1) is 0 Å². The van der Waals surface area contributed by atoms with Gasteiger partial charge in [-0.2, -0.15) is 11.8 Å². The fraction of sp³-hybridized carbons (Fsp3) is 0.667. The van der Waals surface area contributed by atoms with Crippen LogP contribution in [-0.4, -0.2) is 58.0 Å². The number of hydrogen-bond acceptors (Lipinski definition) is 4. The molecule has 1 amide bonds. The van der Waals surface area contributed by atoms with Gasteiger partial charge in [0, 0.05) is 6.54 Å². The molecule has 4 unspecified atom stereocenters. The molecular weight excluding hydrogens is 429 g/mol. The van der Waals surface area contributed by atoms with Crippen LogP contribution in [0.2, 0.25) is 0 Å². The average molecular weight is 466 g/mol. The minimum atomic E-state index is -2.92. The zero-order valence-corrected chi connectivity index (χ0v) is 20.7. The second-order valence-corrected chi connectivity index (χ2v) is 14.7. The molecule has 3 rings (SSSR count). The number of benzene rings is 1. The number of amides is 1. The van der Waals surface area contributed by atoms with Crippen molar-refractivity contribution in [3.05, 3.63) is 35.9 Å². The molecule has 1 aliphatic heterocycles. The first-order chi connectivity index (χ1) is 14.7. The van der Waals surface area contributed by atoms with Crippen LogP contribution in [0.5, 0.6) is 0 Å². The predicted octanol–water partition coefficient (Wildman–Crippen LogP) is 5.18. The molecular formula is C24H36NO4PS. The lowest BCUT2D eigenvalue weighted by molar-refractivity contribution is -0.147. The summed E-state index contributed by atoms with van der Waals surface area (Å²) >= 11 is 1.54. The van der Waals surface area contributed by atoms with Crippen molar-refractivity contribution in [3.8, 4) is 0 Å². The molecule has 1 saturated heterocycles. The number of aliphatic carboxylic acids is 1. The van der Waals surface area contributed by atoms with Crippen LogP contribution in [0.25, 0.3) is 0 Å². The van der Waals surface area contributed by atoms with Gasteiger partial charge in [-0.1, -0.05) is 62.4 Å². The van der Waals surface area contributed by atoms with E-state index in [9.17, 15) is 19.3 Å². The van der Waals surface area contributed by atoms with Crippen molar-refractivity contribution in [2.75, 3.05) is 25.6 Å². The van der Waals surface area contributed by atoms with Crippen LogP contribution in [-0.2, 0) is 20.6 Å². The Morgan fingerprint density at radius 1 is 1.16 bits per heavy atom. The van der Waals surface area contributed by atoms with Crippen LogP contribution < -0.4 is 0 Å². The van der Waals surface area contributed by atoms with E-state index in [1.165, 1.54) is 35.9 Å². The third-order valence-corrected chi connectivity index (χ3v) is 13.3. The zero-order chi connectivity index (χ0) is 22.6. The highest BCUT2D eigenvalue weighted by Gasteiger charge is 2.46. The molecule has 0 spiro atoms. The molecule has 7 heteroatoms. The number of carbonyl (C=O) groups excluding carboxylic acids is 1. The number of rotatable bonds is 8. The highest BCUT2D eigenvalue weighted by Crippen LogP contribution is 2.61. The van der Waals surface area contributed by atoms with Gasteiger partial charge in [0.1, 0.15) is 13.2 Å². The highest BCUT2D eigenvalue weighted by atomic mass is 32.2. The molecule has 0 bridgehead atoms. The first-order valence-corrected chi connectivity index (χ1v) is 14.9. The Morgan fingerprint density at radius 2 is 1.81 bits per heavy atom. The SMILES string of the molecule is CSC(C)(Cc1ccccc1)P(C)(=O)CC(=O)N1CC(C2CCCCC2)CC1C(=O)O. The summed E-state index contributed by atoms with van der Waals surface area (Å²) in [5.74, 6) is -0.436. The molecule has 1 aliphatic carbocycles. The summed E-state index contributed by atoms with van der Waals surface area (Å²) in [5, 5.41) is 9.78. The summed E-state index contributed by atoms with van der Waals surface area (Å²) in [6, 6.07) is 9.15. The third kappa shape index (κ3) is 5.57. The normalized spacial score (nSPS) is 26.2. The van der Waals surface area contributed by atoms with Crippen LogP contribution in [0.3, 0.4) is 0 Å². The molecule has 1 saturated carbocycles. The molecule has 0 aromatic heterocycles. The van der Waals surface area contributed by atoms with Crippen molar-refractivity contribution >= 4 is 30.8 Å². The minimum Gasteiger partial charge on any atom is -0.480 e. The average Bonchev–Trinajstić information content (AvgIpc) is 3.21. The Kier molecular flexibility index (Phi) is 7.96. The van der Waals surface area contributed by atoms with Crippen LogP contribution >= 0.6 is 18.9 Å². The number of carboxylic acid groups (broad SMARTS) is 1. The van der Waals surface area contributed by atoms with E-state index in [1.54, 1.807) is 6.66 Å². The van der Waals surface area contributed by atoms with Crippen LogP contribution in [0.4, 0.5) is 0 Å². The molecule has 31 heavy (non-hydrogen) atoms. The Labute approximate surface area is 190 Å². The van der Waals surface area contributed by atoms with Gasteiger partial charge in [0.05, 0.1) is 10.7 Å². The number of hydrogen-bond donors (Lipinski definition) is 1. The lowest BCUT2D eigenvalue weighted by Gasteiger charge is -2.35. The topological polar surface area (TPSA) is 74.7 Å². The molecule has 1 heterocycles. The molecule has 2 fully saturated rings. The van der Waals surface area contributed by atoms with Crippen LogP contribution in [0.15, 0.2) is 30.3 Å². The predicted molar refractivity (Wildman–Crippen MR) is 128 cm³/mol. The van der Waals surface area contributed by atoms with E-state index < -0.39 is 23.6 Å². The molecule has 1 aromatic carbocycles. The smallest absolute Gasteiger partial charge is 0.326 e. The van der Waals surface area contributed by atoms with Crippen molar-refractivity contribution in [3.63, 3.8) is 0 Å². The van der Waals surface area contributed by atoms with Gasteiger partial charge in [-0.25, -0.2) is 4.79 Å². The fourth-order valence-electron chi connectivity index (χ4n) is 5.25. The van der Waals surface area contributed by atoms with E-state index in [-0.39, 0.29) is 18.0 Å². The highest BCUT2D eigenvalue weighted by molar-refractivity contribution is 8.07. The van der Waals surface area contributed by atoms with Crippen molar-refractivity contribution < 1.29 is 19.3 Å². The van der Waals surface area contributed by atoms with Crippen molar-refractivity contribution in [2.45, 2.75) is 62.4 Å². The van der Waals surface area contributed by atoms with E-state index in [0.29, 0.717) is 25.3 Å². The van der Waals surface area contributed by atoms with Gasteiger partial charge >= 0.3 is 5.97 Å². The van der Waals surface area contributed by atoms with E-state index >= 15 is 0 Å². The molecule has 2 aliphatic rings. The van der Waals surface area contributed by atoms with E-state index in [4.69, 9.17) is 0 Å². The Balaban J connectivity index is 1.73. The fourth-order valence-corrected chi connectivity index (χ4v) is 8.85. The van der Waals surface area contributed by atoms with Crippen molar-refractivity contribution in [1.29, 1.82) is 0 Å². The van der Waals surface area contributed by atoms with Gasteiger partial charge in [-0.3, -0.25) is 4.79 Å². The molecule has 1 aromatic rings. The minimum absolute atomic E-state index is 0.0711. The molecule has 0 radical (unpaired) electrons. The summed E-state index contributed by atoms with van der Waals surface area (Å²) in [6.07, 6.45) is 8.93. The summed E-state index contributed by atoms with van der Waals surface area (Å²) in [4.78, 5) is 26.8. The van der Waals surface area contributed by atoms with Crippen molar-refractivity contribution in [2.24, 2.45) is 11.8 Å². The van der Waals surface area contributed by atoms with Gasteiger partial charge in [0.25, 0.3) is 0 Å². The standard InChI is InChI=1S/C24H36NO4PS/c1-24(31-3,15-18-10-6-4-7-11-18)30(2,29)17-22(26)25-16-20(14-21(25)23(27)28)19-12-8-5-9-13-19/h4,6-7,10-11,19-21H,5,8-9,12-17H2,1-3H3,(H,27,28). The summed E-state index contributed by atoms with van der Waals surface area (Å²) in [7, 11) is -2.92. The lowest BCUT2D eigenvalue weighted by atomic mass is 9.79. The molecule has 1 N–H and O–H groups in total. The summed E-state index contributed by atoms with van der Waals surface area (Å²) in [6.45, 7) is 4.19. The maximum Gasteiger partial charge on any atom is 0.326 e. The molecule has 172 valence electrons. The first kappa shape index (κ1) is 24.4. The quantitative estimate of drug-likeness (QED) is 0.535. The number of carbonyl (C=O) groups is 2. The second kappa shape index (κ2) is 10.1. The summed E-state index contributed by atoms with van der Waals surface area (Å²) in [5.41, 5.74) is 1.09. The molecule has 5 nitrogen and oxygen atoms in total. The third-order valence-electron chi connectivity index (χ3n) is 7.51. The number of nitrogens with zero attached hydrogens (tertiary/aromatic N) is 1. The number of likely N-dealkylation sites (tertiary alicyclic amines) is 1. The number of carboxylic acids is 1. The Morgan fingerprint density at radius 3 is 2.39 bits per heavy atom. The van der Waals surface area contributed by atoms with Crippen LogP contribution in [0.1, 0.15) is 51.0 Å². The first-order valence-electron chi connectivity index (χ1n) is 11.3. The van der Waals surface area contributed by atoms with E-state index in [2.05, 4.69) is 0 Å². The largest absolute Gasteiger partial charge is 0.480 e. The van der Waals surface area contributed by atoms with Crippen molar-refractivity contribution in [1.82, 2.24) is 4.90 Å². The maximum atomic E-state index is 13.9. The summed E-state index contributed by atoms with van der Waals surface area (Å²) < 4.78 is 13.3. The Bertz CT molecular complexity index is 826. The monoisotopic (exact) mass is 465 g/mol. The number of thioether (sulfide) groups is 1.